The molecule has 0 aliphatic rings. The Morgan fingerprint density at radius 1 is 1.33 bits per heavy atom. The second kappa shape index (κ2) is 6.74. The first-order valence-electron chi connectivity index (χ1n) is 6.52. The van der Waals surface area contributed by atoms with Gasteiger partial charge in [0.05, 0.1) is 6.54 Å². The highest BCUT2D eigenvalue weighted by Crippen LogP contribution is 2.22. The van der Waals surface area contributed by atoms with Crippen molar-refractivity contribution < 1.29 is 0 Å². The Bertz CT molecular complexity index is 647. The third-order valence-corrected chi connectivity index (χ3v) is 4.38. The number of nitrogens with zero attached hydrogens (tertiary/aromatic N) is 6. The number of anilines is 1. The van der Waals surface area contributed by atoms with E-state index in [1.807, 2.05) is 17.8 Å². The zero-order valence-corrected chi connectivity index (χ0v) is 12.9. The van der Waals surface area contributed by atoms with Crippen molar-refractivity contribution >= 4 is 28.0 Å². The minimum atomic E-state index is 0.643. The van der Waals surface area contributed by atoms with Gasteiger partial charge in [-0.3, -0.25) is 4.57 Å². The number of hydrogen-bond donors (Lipinski definition) is 1. The third kappa shape index (κ3) is 3.43. The maximum atomic E-state index is 5.63. The Labute approximate surface area is 130 Å². The molecule has 9 heteroatoms. The molecule has 3 heterocycles. The molecule has 3 rings (SSSR count). The van der Waals surface area contributed by atoms with E-state index in [0.717, 1.165) is 29.6 Å². The van der Waals surface area contributed by atoms with Crippen LogP contribution in [0.15, 0.2) is 30.3 Å². The van der Waals surface area contributed by atoms with Crippen LogP contribution in [-0.4, -0.2) is 37.0 Å². The number of nitrogens with two attached hydrogens (primary N) is 1. The molecule has 0 unspecified atom stereocenters. The van der Waals surface area contributed by atoms with Gasteiger partial charge >= 0.3 is 0 Å². The van der Waals surface area contributed by atoms with Crippen LogP contribution in [0.3, 0.4) is 0 Å². The lowest BCUT2D eigenvalue weighted by molar-refractivity contribution is 0.729. The number of hydrogen-bond acceptors (Lipinski definition) is 8. The van der Waals surface area contributed by atoms with Crippen LogP contribution in [-0.2, 0) is 6.54 Å². The lowest BCUT2D eigenvalue weighted by Crippen LogP contribution is -2.25. The Balaban J connectivity index is 1.78. The van der Waals surface area contributed by atoms with Crippen molar-refractivity contribution in [1.29, 1.82) is 0 Å². The van der Waals surface area contributed by atoms with Gasteiger partial charge in [0.2, 0.25) is 11.1 Å². The van der Waals surface area contributed by atoms with Crippen LogP contribution in [0.1, 0.15) is 11.4 Å². The van der Waals surface area contributed by atoms with Crippen molar-refractivity contribution in [3.63, 3.8) is 0 Å². The monoisotopic (exact) mass is 321 g/mol. The molecule has 7 nitrogen and oxygen atoms in total. The van der Waals surface area contributed by atoms with E-state index >= 15 is 0 Å². The normalized spacial score (nSPS) is 10.9. The predicted octanol–water partition coefficient (Wildman–Crippen LogP) is 1.54. The molecule has 0 fully saturated rings. The molecule has 0 saturated heterocycles. The van der Waals surface area contributed by atoms with Crippen LogP contribution >= 0.6 is 22.9 Å². The minimum Gasteiger partial charge on any atom is -0.340 e. The summed E-state index contributed by atoms with van der Waals surface area (Å²) in [7, 11) is 0. The van der Waals surface area contributed by atoms with Crippen molar-refractivity contribution in [2.24, 2.45) is 5.73 Å². The summed E-state index contributed by atoms with van der Waals surface area (Å²) in [4.78, 5) is 15.1. The van der Waals surface area contributed by atoms with Crippen molar-refractivity contribution in [2.45, 2.75) is 13.0 Å². The standard InChI is InChI=1S/C12H15N7S2/c13-2-1-5-18(8-10-15-4-7-20-10)12-16-11(17-21-12)19-6-3-14-9-19/h3-4,6-7,9H,1-2,5,8,13H2. The van der Waals surface area contributed by atoms with E-state index in [-0.39, 0.29) is 0 Å². The van der Waals surface area contributed by atoms with Crippen molar-refractivity contribution in [3.8, 4) is 5.95 Å². The SMILES string of the molecule is NCCCN(Cc1nccs1)c1nc(-n2ccnc2)ns1. The van der Waals surface area contributed by atoms with Crippen molar-refractivity contribution in [3.05, 3.63) is 35.3 Å². The van der Waals surface area contributed by atoms with Gasteiger partial charge in [0.15, 0.2) is 0 Å². The fourth-order valence-corrected chi connectivity index (χ4v) is 3.16. The molecule has 0 aromatic carbocycles. The zero-order valence-electron chi connectivity index (χ0n) is 11.3. The van der Waals surface area contributed by atoms with Crippen LogP contribution in [0.5, 0.6) is 0 Å². The van der Waals surface area contributed by atoms with E-state index in [9.17, 15) is 0 Å². The number of rotatable bonds is 7. The van der Waals surface area contributed by atoms with Crippen molar-refractivity contribution in [1.82, 2.24) is 23.9 Å². The quantitative estimate of drug-likeness (QED) is 0.710. The summed E-state index contributed by atoms with van der Waals surface area (Å²) in [5, 5.41) is 3.92. The lowest BCUT2D eigenvalue weighted by atomic mass is 10.4. The smallest absolute Gasteiger partial charge is 0.248 e. The molecule has 3 aromatic rings. The van der Waals surface area contributed by atoms with Gasteiger partial charge in [-0.15, -0.1) is 11.3 Å². The average molecular weight is 321 g/mol. The molecule has 0 atom stereocenters. The first kappa shape index (κ1) is 14.1. The molecule has 21 heavy (non-hydrogen) atoms. The van der Waals surface area contributed by atoms with Crippen LogP contribution in [0.4, 0.5) is 5.13 Å². The summed E-state index contributed by atoms with van der Waals surface area (Å²) < 4.78 is 6.18. The molecule has 110 valence electrons. The van der Waals surface area contributed by atoms with Gasteiger partial charge in [-0.05, 0) is 13.0 Å². The van der Waals surface area contributed by atoms with E-state index < -0.39 is 0 Å². The molecular weight excluding hydrogens is 306 g/mol. The van der Waals surface area contributed by atoms with Crippen LogP contribution < -0.4 is 10.6 Å². The Kier molecular flexibility index (Phi) is 4.53. The molecule has 0 bridgehead atoms. The molecule has 0 spiro atoms. The molecule has 2 N–H and O–H groups in total. The molecular formula is C12H15N7S2. The van der Waals surface area contributed by atoms with Gasteiger partial charge in [0.1, 0.15) is 11.3 Å². The maximum Gasteiger partial charge on any atom is 0.248 e. The summed E-state index contributed by atoms with van der Waals surface area (Å²) >= 11 is 3.02. The van der Waals surface area contributed by atoms with Crippen LogP contribution in [0, 0.1) is 0 Å². The molecule has 3 aromatic heterocycles. The zero-order chi connectivity index (χ0) is 14.5. The summed E-state index contributed by atoms with van der Waals surface area (Å²) in [5.74, 6) is 0.643. The summed E-state index contributed by atoms with van der Waals surface area (Å²) in [6, 6.07) is 0. The Hall–Kier alpha value is -1.84. The van der Waals surface area contributed by atoms with Gasteiger partial charge in [-0.2, -0.15) is 9.36 Å². The van der Waals surface area contributed by atoms with E-state index in [1.165, 1.54) is 11.5 Å². The Morgan fingerprint density at radius 3 is 3.00 bits per heavy atom. The maximum absolute atomic E-state index is 5.63. The molecule has 0 aliphatic carbocycles. The highest BCUT2D eigenvalue weighted by Gasteiger charge is 2.14. The molecule has 0 amide bonds. The largest absolute Gasteiger partial charge is 0.340 e. The molecule has 0 aliphatic heterocycles. The van der Waals surface area contributed by atoms with E-state index in [0.29, 0.717) is 12.5 Å². The van der Waals surface area contributed by atoms with Crippen molar-refractivity contribution in [2.75, 3.05) is 18.0 Å². The van der Waals surface area contributed by atoms with Gasteiger partial charge in [0.25, 0.3) is 0 Å². The van der Waals surface area contributed by atoms with Gasteiger partial charge in [0, 0.05) is 42.0 Å². The van der Waals surface area contributed by atoms with E-state index in [1.54, 1.807) is 28.4 Å². The first-order chi connectivity index (χ1) is 10.4. The third-order valence-electron chi connectivity index (χ3n) is 2.85. The topological polar surface area (TPSA) is 85.8 Å². The van der Waals surface area contributed by atoms with E-state index in [2.05, 4.69) is 24.2 Å². The minimum absolute atomic E-state index is 0.643. The van der Waals surface area contributed by atoms with E-state index in [4.69, 9.17) is 5.73 Å². The van der Waals surface area contributed by atoms with Gasteiger partial charge in [-0.25, -0.2) is 9.97 Å². The van der Waals surface area contributed by atoms with Crippen LogP contribution in [0.2, 0.25) is 0 Å². The first-order valence-corrected chi connectivity index (χ1v) is 8.17. The van der Waals surface area contributed by atoms with Gasteiger partial charge in [-0.1, -0.05) is 0 Å². The summed E-state index contributed by atoms with van der Waals surface area (Å²) in [6.45, 7) is 2.23. The predicted molar refractivity (Wildman–Crippen MR) is 83.9 cm³/mol. The highest BCUT2D eigenvalue weighted by atomic mass is 32.1. The fourth-order valence-electron chi connectivity index (χ4n) is 1.84. The van der Waals surface area contributed by atoms with Gasteiger partial charge < -0.3 is 10.6 Å². The number of thiazole rings is 1. The summed E-state index contributed by atoms with van der Waals surface area (Å²) in [5.41, 5.74) is 5.63. The molecule has 0 saturated carbocycles. The average Bonchev–Trinajstić information content (AvgIpc) is 3.24. The highest BCUT2D eigenvalue weighted by molar-refractivity contribution is 7.10. The second-order valence-corrected chi connectivity index (χ2v) is 6.05. The fraction of sp³-hybridized carbons (Fsp3) is 0.333. The lowest BCUT2D eigenvalue weighted by Gasteiger charge is -2.19. The second-order valence-electron chi connectivity index (χ2n) is 4.34. The van der Waals surface area contributed by atoms with Crippen LogP contribution in [0.25, 0.3) is 5.95 Å². The number of imidazole rings is 1. The molecule has 0 radical (unpaired) electrons. The Morgan fingerprint density at radius 2 is 2.29 bits per heavy atom. The summed E-state index contributed by atoms with van der Waals surface area (Å²) in [6.07, 6.45) is 7.96. The number of aromatic nitrogens is 5.